The number of aromatic nitrogens is 1. The number of anilines is 1. The molecule has 2 N–H and O–H groups in total. The Morgan fingerprint density at radius 2 is 1.95 bits per heavy atom. The largest absolute Gasteiger partial charge is 0.481 e. The maximum atomic E-state index is 12.2. The molecule has 2 atom stereocenters. The number of hydrogen-bond donors (Lipinski definition) is 2. The van der Waals surface area contributed by atoms with Crippen molar-refractivity contribution in [3.05, 3.63) is 22.7 Å². The molecule has 1 aromatic heterocycles. The Morgan fingerprint density at radius 3 is 2.47 bits per heavy atom. The minimum atomic E-state index is -0.911. The summed E-state index contributed by atoms with van der Waals surface area (Å²) in [5, 5.41) is 14.2. The van der Waals surface area contributed by atoms with E-state index < -0.39 is 17.8 Å². The Morgan fingerprint density at radius 1 is 1.32 bits per heavy atom. The molecular formula is C13H16N2O3S. The molecule has 1 heterocycles. The average molecular weight is 280 g/mol. The number of carboxylic acids is 1. The number of allylic oxidation sites excluding steroid dienone is 2. The smallest absolute Gasteiger partial charge is 0.307 e. The molecule has 0 fully saturated rings. The van der Waals surface area contributed by atoms with Crippen molar-refractivity contribution in [3.63, 3.8) is 0 Å². The number of hydrogen-bond acceptors (Lipinski definition) is 4. The van der Waals surface area contributed by atoms with Crippen LogP contribution in [-0.4, -0.2) is 22.0 Å². The lowest BCUT2D eigenvalue weighted by molar-refractivity contribution is -0.146. The van der Waals surface area contributed by atoms with Gasteiger partial charge in [-0.25, -0.2) is 4.98 Å². The second-order valence-corrected chi connectivity index (χ2v) is 5.74. The molecule has 2 rings (SSSR count). The second-order valence-electron chi connectivity index (χ2n) is 4.85. The number of carboxylic acid groups (broad SMARTS) is 1. The summed E-state index contributed by atoms with van der Waals surface area (Å²) < 4.78 is 0. The maximum absolute atomic E-state index is 12.2. The maximum Gasteiger partial charge on any atom is 0.307 e. The Labute approximate surface area is 115 Å². The van der Waals surface area contributed by atoms with Gasteiger partial charge in [0.15, 0.2) is 5.13 Å². The molecule has 0 bridgehead atoms. The van der Waals surface area contributed by atoms with Gasteiger partial charge < -0.3 is 10.4 Å². The zero-order valence-corrected chi connectivity index (χ0v) is 11.7. The first-order valence-electron chi connectivity index (χ1n) is 6.07. The molecule has 1 amide bonds. The Bertz CT molecular complexity index is 522. The Kier molecular flexibility index (Phi) is 3.99. The first-order chi connectivity index (χ1) is 8.99. The molecule has 1 aliphatic rings. The number of thiazole rings is 1. The summed E-state index contributed by atoms with van der Waals surface area (Å²) in [6.07, 6.45) is 2.54. The fraction of sp³-hybridized carbons (Fsp3) is 0.462. The summed E-state index contributed by atoms with van der Waals surface area (Å²) in [6, 6.07) is 0. The zero-order valence-electron chi connectivity index (χ0n) is 10.8. The van der Waals surface area contributed by atoms with Crippen molar-refractivity contribution < 1.29 is 14.7 Å². The van der Waals surface area contributed by atoms with Crippen LogP contribution in [0, 0.1) is 11.8 Å². The fourth-order valence-corrected chi connectivity index (χ4v) is 2.84. The summed E-state index contributed by atoms with van der Waals surface area (Å²) in [5.41, 5.74) is 2.18. The third-order valence-corrected chi connectivity index (χ3v) is 4.27. The van der Waals surface area contributed by atoms with Crippen LogP contribution >= 0.6 is 11.3 Å². The molecule has 6 heteroatoms. The van der Waals surface area contributed by atoms with Gasteiger partial charge >= 0.3 is 5.97 Å². The van der Waals surface area contributed by atoms with E-state index >= 15 is 0 Å². The second kappa shape index (κ2) is 5.52. The lowest BCUT2D eigenvalue weighted by Gasteiger charge is -2.29. The number of carbonyl (C=O) groups is 2. The molecule has 1 aromatic rings. The first-order valence-corrected chi connectivity index (χ1v) is 6.95. The molecular weight excluding hydrogens is 264 g/mol. The van der Waals surface area contributed by atoms with E-state index in [0.29, 0.717) is 18.0 Å². The molecule has 5 nitrogen and oxygen atoms in total. The number of nitrogens with one attached hydrogen (secondary N) is 1. The highest BCUT2D eigenvalue weighted by Crippen LogP contribution is 2.35. The van der Waals surface area contributed by atoms with Gasteiger partial charge in [-0.3, -0.25) is 9.59 Å². The van der Waals surface area contributed by atoms with Crippen LogP contribution in [0.15, 0.2) is 22.7 Å². The van der Waals surface area contributed by atoms with E-state index in [1.807, 2.05) is 13.8 Å². The molecule has 0 unspecified atom stereocenters. The van der Waals surface area contributed by atoms with E-state index in [1.54, 1.807) is 11.6 Å². The quantitative estimate of drug-likeness (QED) is 0.834. The van der Waals surface area contributed by atoms with E-state index in [-0.39, 0.29) is 5.91 Å². The molecule has 102 valence electrons. The summed E-state index contributed by atoms with van der Waals surface area (Å²) in [7, 11) is 0. The van der Waals surface area contributed by atoms with Crippen molar-refractivity contribution in [3.8, 4) is 0 Å². The van der Waals surface area contributed by atoms with E-state index in [0.717, 1.165) is 11.1 Å². The normalized spacial score (nSPS) is 23.3. The van der Waals surface area contributed by atoms with Crippen LogP contribution in [0.2, 0.25) is 0 Å². The highest BCUT2D eigenvalue weighted by Gasteiger charge is 2.37. The van der Waals surface area contributed by atoms with Crippen LogP contribution in [0.25, 0.3) is 0 Å². The van der Waals surface area contributed by atoms with Gasteiger partial charge in [0.05, 0.1) is 11.8 Å². The summed E-state index contributed by atoms with van der Waals surface area (Å²) >= 11 is 1.32. The van der Waals surface area contributed by atoms with E-state index in [9.17, 15) is 14.7 Å². The highest BCUT2D eigenvalue weighted by atomic mass is 32.1. The minimum Gasteiger partial charge on any atom is -0.481 e. The number of nitrogens with zero attached hydrogens (tertiary/aromatic N) is 1. The van der Waals surface area contributed by atoms with Gasteiger partial charge in [-0.1, -0.05) is 11.1 Å². The number of carbonyl (C=O) groups excluding carboxylic acids is 1. The minimum absolute atomic E-state index is 0.255. The summed E-state index contributed by atoms with van der Waals surface area (Å²) in [4.78, 5) is 27.5. The predicted octanol–water partition coefficient (Wildman–Crippen LogP) is 2.53. The van der Waals surface area contributed by atoms with Crippen molar-refractivity contribution in [1.29, 1.82) is 0 Å². The monoisotopic (exact) mass is 280 g/mol. The van der Waals surface area contributed by atoms with Gasteiger partial charge in [0.2, 0.25) is 5.91 Å². The summed E-state index contributed by atoms with van der Waals surface area (Å²) in [5.74, 6) is -2.34. The lowest BCUT2D eigenvalue weighted by Crippen LogP contribution is -2.36. The average Bonchev–Trinajstić information content (AvgIpc) is 2.84. The first kappa shape index (κ1) is 13.7. The molecule has 19 heavy (non-hydrogen) atoms. The van der Waals surface area contributed by atoms with Crippen LogP contribution in [0.3, 0.4) is 0 Å². The molecule has 0 saturated heterocycles. The van der Waals surface area contributed by atoms with Gasteiger partial charge in [0.1, 0.15) is 0 Å². The molecule has 0 aliphatic heterocycles. The van der Waals surface area contributed by atoms with Gasteiger partial charge in [0.25, 0.3) is 0 Å². The van der Waals surface area contributed by atoms with Gasteiger partial charge in [-0.15, -0.1) is 11.3 Å². The molecule has 0 radical (unpaired) electrons. The fourth-order valence-electron chi connectivity index (χ4n) is 2.31. The van der Waals surface area contributed by atoms with Crippen molar-refractivity contribution in [2.75, 3.05) is 5.32 Å². The molecule has 0 spiro atoms. The Balaban J connectivity index is 2.16. The van der Waals surface area contributed by atoms with Crippen molar-refractivity contribution in [2.45, 2.75) is 26.7 Å². The standard InChI is InChI=1S/C13H16N2O3S/c1-7-5-9(10(12(17)18)6-8(7)2)11(16)15-13-14-3-4-19-13/h3-4,9-10H,5-6H2,1-2H3,(H,17,18)(H,14,15,16)/t9-,10+/m0/s1. The van der Waals surface area contributed by atoms with Crippen LogP contribution in [0.4, 0.5) is 5.13 Å². The highest BCUT2D eigenvalue weighted by molar-refractivity contribution is 7.13. The van der Waals surface area contributed by atoms with E-state index in [1.165, 1.54) is 11.3 Å². The van der Waals surface area contributed by atoms with Gasteiger partial charge in [0, 0.05) is 11.6 Å². The van der Waals surface area contributed by atoms with Crippen LogP contribution in [0.1, 0.15) is 26.7 Å². The summed E-state index contributed by atoms with van der Waals surface area (Å²) in [6.45, 7) is 3.89. The topological polar surface area (TPSA) is 79.3 Å². The van der Waals surface area contributed by atoms with Crippen LogP contribution in [0.5, 0.6) is 0 Å². The van der Waals surface area contributed by atoms with E-state index in [4.69, 9.17) is 0 Å². The van der Waals surface area contributed by atoms with Crippen molar-refractivity contribution in [1.82, 2.24) is 4.98 Å². The molecule has 0 saturated carbocycles. The third kappa shape index (κ3) is 3.01. The van der Waals surface area contributed by atoms with Crippen molar-refractivity contribution in [2.24, 2.45) is 11.8 Å². The van der Waals surface area contributed by atoms with Gasteiger partial charge in [-0.2, -0.15) is 0 Å². The molecule has 0 aromatic carbocycles. The van der Waals surface area contributed by atoms with E-state index in [2.05, 4.69) is 10.3 Å². The third-order valence-electron chi connectivity index (χ3n) is 3.58. The van der Waals surface area contributed by atoms with Crippen molar-refractivity contribution >= 4 is 28.3 Å². The Hall–Kier alpha value is -1.69. The number of amides is 1. The molecule has 1 aliphatic carbocycles. The zero-order chi connectivity index (χ0) is 14.0. The predicted molar refractivity (Wildman–Crippen MR) is 73.0 cm³/mol. The SMILES string of the molecule is CC1=C(C)C[C@@H](C(=O)O)[C@@H](C(=O)Nc2nccs2)C1. The lowest BCUT2D eigenvalue weighted by atomic mass is 9.76. The van der Waals surface area contributed by atoms with Crippen LogP contribution < -0.4 is 5.32 Å². The van der Waals surface area contributed by atoms with Crippen LogP contribution in [-0.2, 0) is 9.59 Å². The number of aliphatic carboxylic acids is 1. The number of rotatable bonds is 3. The van der Waals surface area contributed by atoms with Gasteiger partial charge in [-0.05, 0) is 26.7 Å².